The Morgan fingerprint density at radius 2 is 2.05 bits per heavy atom. The quantitative estimate of drug-likeness (QED) is 0.853. The Kier molecular flexibility index (Phi) is 5.46. The van der Waals surface area contributed by atoms with Gasteiger partial charge in [0.2, 0.25) is 0 Å². The molecule has 2 unspecified atom stereocenters. The van der Waals surface area contributed by atoms with Crippen LogP contribution in [0.15, 0.2) is 22.8 Å². The van der Waals surface area contributed by atoms with Crippen molar-refractivity contribution in [2.24, 2.45) is 5.92 Å². The van der Waals surface area contributed by atoms with Crippen LogP contribution in [0.5, 0.6) is 0 Å². The van der Waals surface area contributed by atoms with Gasteiger partial charge in [0, 0.05) is 12.6 Å². The number of nitrogens with one attached hydrogen (secondary N) is 1. The smallest absolute Gasteiger partial charge is 0.122 e. The van der Waals surface area contributed by atoms with Crippen LogP contribution in [-0.2, 0) is 0 Å². The first-order valence-electron chi connectivity index (χ1n) is 7.61. The van der Waals surface area contributed by atoms with E-state index in [2.05, 4.69) is 37.3 Å². The second-order valence-corrected chi connectivity index (χ2v) is 6.09. The maximum Gasteiger partial charge on any atom is 0.122 e. The van der Waals surface area contributed by atoms with Gasteiger partial charge in [0.25, 0.3) is 0 Å². The van der Waals surface area contributed by atoms with E-state index in [4.69, 9.17) is 4.42 Å². The van der Waals surface area contributed by atoms with E-state index in [9.17, 15) is 0 Å². The van der Waals surface area contributed by atoms with Crippen LogP contribution in [0.1, 0.15) is 50.8 Å². The predicted octanol–water partition coefficient (Wildman–Crippen LogP) is 3.44. The fourth-order valence-corrected chi connectivity index (χ4v) is 3.12. The topological polar surface area (TPSA) is 28.4 Å². The molecule has 2 atom stereocenters. The summed E-state index contributed by atoms with van der Waals surface area (Å²) >= 11 is 0. The predicted molar refractivity (Wildman–Crippen MR) is 79.2 cm³/mol. The Morgan fingerprint density at radius 1 is 1.32 bits per heavy atom. The summed E-state index contributed by atoms with van der Waals surface area (Å²) in [4.78, 5) is 2.22. The van der Waals surface area contributed by atoms with Crippen LogP contribution in [0.3, 0.4) is 0 Å². The highest BCUT2D eigenvalue weighted by Crippen LogP contribution is 2.27. The van der Waals surface area contributed by atoms with Crippen molar-refractivity contribution in [1.82, 2.24) is 10.2 Å². The summed E-state index contributed by atoms with van der Waals surface area (Å²) in [6, 6.07) is 4.97. The molecule has 19 heavy (non-hydrogen) atoms. The van der Waals surface area contributed by atoms with E-state index in [-0.39, 0.29) is 0 Å². The van der Waals surface area contributed by atoms with Crippen molar-refractivity contribution >= 4 is 0 Å². The summed E-state index contributed by atoms with van der Waals surface area (Å²) in [6.07, 6.45) is 8.79. The van der Waals surface area contributed by atoms with E-state index in [1.807, 2.05) is 6.07 Å². The molecule has 0 radical (unpaired) electrons. The lowest BCUT2D eigenvalue weighted by molar-refractivity contribution is 0.221. The number of hydrogen-bond donors (Lipinski definition) is 1. The summed E-state index contributed by atoms with van der Waals surface area (Å²) in [5.74, 6) is 1.90. The Balaban J connectivity index is 1.84. The van der Waals surface area contributed by atoms with Gasteiger partial charge in [0.1, 0.15) is 5.76 Å². The molecule has 1 aliphatic carbocycles. The minimum atomic E-state index is 0.320. The summed E-state index contributed by atoms with van der Waals surface area (Å²) in [6.45, 7) is 3.29. The molecule has 3 heteroatoms. The van der Waals surface area contributed by atoms with Crippen molar-refractivity contribution in [2.75, 3.05) is 20.6 Å². The van der Waals surface area contributed by atoms with Crippen LogP contribution < -0.4 is 5.32 Å². The molecule has 1 heterocycles. The van der Waals surface area contributed by atoms with Gasteiger partial charge in [0.05, 0.1) is 12.3 Å². The maximum atomic E-state index is 5.55. The lowest BCUT2D eigenvalue weighted by Gasteiger charge is -2.31. The molecule has 0 bridgehead atoms. The van der Waals surface area contributed by atoms with Gasteiger partial charge >= 0.3 is 0 Å². The van der Waals surface area contributed by atoms with Gasteiger partial charge in [-0.1, -0.05) is 19.3 Å². The van der Waals surface area contributed by atoms with E-state index >= 15 is 0 Å². The third kappa shape index (κ3) is 4.08. The standard InChI is InChI=1S/C16H28N2O/c1-13(14-8-5-4-6-9-14)17-12-15(18(2)3)16-10-7-11-19-16/h7,10-11,13-15,17H,4-6,8-9,12H2,1-3H3. The van der Waals surface area contributed by atoms with E-state index in [0.29, 0.717) is 12.1 Å². The van der Waals surface area contributed by atoms with Gasteiger partial charge < -0.3 is 9.73 Å². The third-order valence-electron chi connectivity index (χ3n) is 4.49. The van der Waals surface area contributed by atoms with Crippen LogP contribution in [0, 0.1) is 5.92 Å². The van der Waals surface area contributed by atoms with Crippen molar-refractivity contribution in [1.29, 1.82) is 0 Å². The molecule has 0 aromatic carbocycles. The van der Waals surface area contributed by atoms with Gasteiger partial charge in [-0.25, -0.2) is 0 Å². The molecule has 3 nitrogen and oxygen atoms in total. The molecular formula is C16H28N2O. The first-order valence-corrected chi connectivity index (χ1v) is 7.61. The fourth-order valence-electron chi connectivity index (χ4n) is 3.12. The van der Waals surface area contributed by atoms with Crippen LogP contribution in [0.4, 0.5) is 0 Å². The van der Waals surface area contributed by atoms with Crippen molar-refractivity contribution in [3.8, 4) is 0 Å². The average Bonchev–Trinajstić information content (AvgIpc) is 2.93. The Morgan fingerprint density at radius 3 is 2.63 bits per heavy atom. The molecule has 1 aliphatic rings. The Bertz CT molecular complexity index is 342. The van der Waals surface area contributed by atoms with Crippen molar-refractivity contribution in [3.05, 3.63) is 24.2 Å². The second-order valence-electron chi connectivity index (χ2n) is 6.09. The number of rotatable bonds is 6. The van der Waals surface area contributed by atoms with E-state index < -0.39 is 0 Å². The highest BCUT2D eigenvalue weighted by Gasteiger charge is 2.22. The molecule has 1 saturated carbocycles. The third-order valence-corrected chi connectivity index (χ3v) is 4.49. The maximum absolute atomic E-state index is 5.55. The van der Waals surface area contributed by atoms with Gasteiger partial charge in [0.15, 0.2) is 0 Å². The minimum Gasteiger partial charge on any atom is -0.468 e. The number of nitrogens with zero attached hydrogens (tertiary/aromatic N) is 1. The van der Waals surface area contributed by atoms with Gasteiger partial charge in [-0.05, 0) is 51.9 Å². The SMILES string of the molecule is CC(NCC(c1ccco1)N(C)C)C1CCCCC1. The van der Waals surface area contributed by atoms with Gasteiger partial charge in [-0.15, -0.1) is 0 Å². The van der Waals surface area contributed by atoms with Gasteiger partial charge in [-0.2, -0.15) is 0 Å². The average molecular weight is 264 g/mol. The molecule has 1 aromatic heterocycles. The molecule has 0 amide bonds. The lowest BCUT2D eigenvalue weighted by atomic mass is 9.84. The molecule has 0 saturated heterocycles. The van der Waals surface area contributed by atoms with Crippen LogP contribution in [0.2, 0.25) is 0 Å². The second kappa shape index (κ2) is 7.11. The van der Waals surface area contributed by atoms with E-state index in [1.165, 1.54) is 32.1 Å². The normalized spacial score (nSPS) is 20.6. The zero-order valence-electron chi connectivity index (χ0n) is 12.6. The number of hydrogen-bond acceptors (Lipinski definition) is 3. The Labute approximate surface area is 117 Å². The fraction of sp³-hybridized carbons (Fsp3) is 0.750. The summed E-state index contributed by atoms with van der Waals surface area (Å²) < 4.78 is 5.55. The molecule has 0 spiro atoms. The van der Waals surface area contributed by atoms with Crippen LogP contribution >= 0.6 is 0 Å². The van der Waals surface area contributed by atoms with Crippen molar-refractivity contribution in [2.45, 2.75) is 51.1 Å². The molecule has 0 aliphatic heterocycles. The highest BCUT2D eigenvalue weighted by molar-refractivity contribution is 5.05. The zero-order chi connectivity index (χ0) is 13.7. The molecule has 1 N–H and O–H groups in total. The Hall–Kier alpha value is -0.800. The van der Waals surface area contributed by atoms with Crippen LogP contribution in [0.25, 0.3) is 0 Å². The van der Waals surface area contributed by atoms with Crippen molar-refractivity contribution in [3.63, 3.8) is 0 Å². The number of likely N-dealkylation sites (N-methyl/N-ethyl adjacent to an activating group) is 1. The summed E-state index contributed by atoms with van der Waals surface area (Å²) in [7, 11) is 4.22. The summed E-state index contributed by atoms with van der Waals surface area (Å²) in [5, 5.41) is 3.72. The number of furan rings is 1. The highest BCUT2D eigenvalue weighted by atomic mass is 16.3. The zero-order valence-corrected chi connectivity index (χ0v) is 12.6. The van der Waals surface area contributed by atoms with Crippen molar-refractivity contribution < 1.29 is 4.42 Å². The molecule has 1 fully saturated rings. The summed E-state index contributed by atoms with van der Waals surface area (Å²) in [5.41, 5.74) is 0. The molecule has 2 rings (SSSR count). The largest absolute Gasteiger partial charge is 0.468 e. The molecule has 1 aromatic rings. The van der Waals surface area contributed by atoms with E-state index in [0.717, 1.165) is 18.2 Å². The van der Waals surface area contributed by atoms with Crippen LogP contribution in [-0.4, -0.2) is 31.6 Å². The lowest BCUT2D eigenvalue weighted by Crippen LogP contribution is -2.40. The van der Waals surface area contributed by atoms with E-state index in [1.54, 1.807) is 6.26 Å². The monoisotopic (exact) mass is 264 g/mol. The van der Waals surface area contributed by atoms with Gasteiger partial charge in [-0.3, -0.25) is 4.90 Å². The molecular weight excluding hydrogens is 236 g/mol. The molecule has 108 valence electrons. The first kappa shape index (κ1) is 14.6. The minimum absolute atomic E-state index is 0.320. The first-order chi connectivity index (χ1) is 9.18.